The lowest BCUT2D eigenvalue weighted by molar-refractivity contribution is 0.503. The standard InChI is InChI=1S/C20H21BrN8/c1-28-10-12(8-24-28)17-7-14-18(9-23-17)26-27-19(14)16-5-4-15(21)20(25-16)29-6-2-3-13(22)11-29/h4-5,7-10,13H,2-3,6,11,22H2,1H3,(H,26,27). The van der Waals surface area contributed by atoms with Gasteiger partial charge < -0.3 is 10.6 Å². The minimum Gasteiger partial charge on any atom is -0.354 e. The highest BCUT2D eigenvalue weighted by atomic mass is 79.9. The third-order valence-corrected chi connectivity index (χ3v) is 5.89. The molecule has 5 heterocycles. The van der Waals surface area contributed by atoms with Crippen molar-refractivity contribution in [2.24, 2.45) is 12.8 Å². The number of aromatic nitrogens is 6. The molecule has 0 saturated carbocycles. The van der Waals surface area contributed by atoms with Crippen LogP contribution in [0.15, 0.2) is 41.3 Å². The van der Waals surface area contributed by atoms with Crippen molar-refractivity contribution >= 4 is 32.7 Å². The van der Waals surface area contributed by atoms with Gasteiger partial charge >= 0.3 is 0 Å². The fourth-order valence-electron chi connectivity index (χ4n) is 3.81. The first-order chi connectivity index (χ1) is 14.1. The maximum atomic E-state index is 6.18. The molecule has 9 heteroatoms. The predicted octanol–water partition coefficient (Wildman–Crippen LogP) is 3.11. The molecular formula is C20H21BrN8. The fourth-order valence-corrected chi connectivity index (χ4v) is 4.28. The molecule has 4 aromatic rings. The normalized spacial score (nSPS) is 17.2. The summed E-state index contributed by atoms with van der Waals surface area (Å²) >= 11 is 3.65. The average Bonchev–Trinajstić information content (AvgIpc) is 3.34. The maximum Gasteiger partial charge on any atom is 0.143 e. The SMILES string of the molecule is Cn1cc(-c2cc3c(-c4ccc(Br)c(N5CCCC(N)C5)n4)n[nH]c3cn2)cn1. The summed E-state index contributed by atoms with van der Waals surface area (Å²) in [4.78, 5) is 11.7. The molecule has 0 aromatic carbocycles. The molecular weight excluding hydrogens is 432 g/mol. The highest BCUT2D eigenvalue weighted by Gasteiger charge is 2.21. The van der Waals surface area contributed by atoms with Crippen molar-refractivity contribution in [2.45, 2.75) is 18.9 Å². The Morgan fingerprint density at radius 3 is 2.93 bits per heavy atom. The van der Waals surface area contributed by atoms with Gasteiger partial charge in [-0.1, -0.05) is 0 Å². The van der Waals surface area contributed by atoms with Gasteiger partial charge in [-0.3, -0.25) is 14.8 Å². The minimum absolute atomic E-state index is 0.181. The zero-order valence-corrected chi connectivity index (χ0v) is 17.6. The van der Waals surface area contributed by atoms with E-state index in [1.807, 2.05) is 37.6 Å². The van der Waals surface area contributed by atoms with Gasteiger partial charge in [0.25, 0.3) is 0 Å². The van der Waals surface area contributed by atoms with Gasteiger partial charge in [0.2, 0.25) is 0 Å². The van der Waals surface area contributed by atoms with Gasteiger partial charge in [-0.05, 0) is 47.0 Å². The van der Waals surface area contributed by atoms with Crippen molar-refractivity contribution in [1.82, 2.24) is 29.9 Å². The summed E-state index contributed by atoms with van der Waals surface area (Å²) in [5.74, 6) is 0.912. The molecule has 1 aliphatic heterocycles. The molecule has 1 saturated heterocycles. The highest BCUT2D eigenvalue weighted by Crippen LogP contribution is 2.32. The molecule has 3 N–H and O–H groups in total. The lowest BCUT2D eigenvalue weighted by Crippen LogP contribution is -2.43. The van der Waals surface area contributed by atoms with E-state index in [2.05, 4.69) is 41.1 Å². The Kier molecular flexibility index (Phi) is 4.56. The summed E-state index contributed by atoms with van der Waals surface area (Å²) in [6.45, 7) is 1.77. The zero-order valence-electron chi connectivity index (χ0n) is 16.0. The Labute approximate surface area is 176 Å². The molecule has 1 unspecified atom stereocenters. The molecule has 0 aliphatic carbocycles. The number of nitrogens with one attached hydrogen (secondary N) is 1. The van der Waals surface area contributed by atoms with Crippen LogP contribution in [0.3, 0.4) is 0 Å². The Morgan fingerprint density at radius 2 is 2.14 bits per heavy atom. The van der Waals surface area contributed by atoms with Crippen LogP contribution in [-0.2, 0) is 7.05 Å². The number of aromatic amines is 1. The molecule has 4 aromatic heterocycles. The maximum absolute atomic E-state index is 6.18. The quantitative estimate of drug-likeness (QED) is 0.495. The van der Waals surface area contributed by atoms with Crippen LogP contribution in [0.1, 0.15) is 12.8 Å². The first kappa shape index (κ1) is 18.3. The molecule has 0 amide bonds. The lowest BCUT2D eigenvalue weighted by Gasteiger charge is -2.32. The monoisotopic (exact) mass is 452 g/mol. The number of nitrogens with two attached hydrogens (primary N) is 1. The first-order valence-corrected chi connectivity index (χ1v) is 10.4. The van der Waals surface area contributed by atoms with E-state index in [0.29, 0.717) is 0 Å². The number of rotatable bonds is 3. The summed E-state index contributed by atoms with van der Waals surface area (Å²) in [5, 5.41) is 12.8. The summed E-state index contributed by atoms with van der Waals surface area (Å²) < 4.78 is 2.73. The molecule has 8 nitrogen and oxygen atoms in total. The topological polar surface area (TPSA) is 102 Å². The number of hydrogen-bond acceptors (Lipinski definition) is 6. The van der Waals surface area contributed by atoms with Crippen LogP contribution < -0.4 is 10.6 Å². The summed E-state index contributed by atoms with van der Waals surface area (Å²) in [6.07, 6.45) is 7.69. The van der Waals surface area contributed by atoms with Gasteiger partial charge in [-0.2, -0.15) is 10.2 Å². The molecule has 1 fully saturated rings. The number of hydrogen-bond donors (Lipinski definition) is 2. The molecule has 0 bridgehead atoms. The van der Waals surface area contributed by atoms with Gasteiger partial charge in [-0.25, -0.2) is 4.98 Å². The zero-order chi connectivity index (χ0) is 20.0. The molecule has 148 valence electrons. The van der Waals surface area contributed by atoms with Gasteiger partial charge in [0.15, 0.2) is 0 Å². The number of anilines is 1. The number of H-pyrrole nitrogens is 1. The van der Waals surface area contributed by atoms with Crippen molar-refractivity contribution < 1.29 is 0 Å². The number of aryl methyl sites for hydroxylation is 1. The van der Waals surface area contributed by atoms with Crippen LogP contribution in [-0.4, -0.2) is 49.1 Å². The average molecular weight is 453 g/mol. The number of piperidine rings is 1. The number of fused-ring (bicyclic) bond motifs is 1. The van der Waals surface area contributed by atoms with E-state index in [1.165, 1.54) is 0 Å². The van der Waals surface area contributed by atoms with E-state index in [0.717, 1.165) is 69.8 Å². The van der Waals surface area contributed by atoms with Crippen LogP contribution in [0, 0.1) is 0 Å². The van der Waals surface area contributed by atoms with Crippen LogP contribution >= 0.6 is 15.9 Å². The van der Waals surface area contributed by atoms with Crippen LogP contribution in [0.5, 0.6) is 0 Å². The fraction of sp³-hybridized carbons (Fsp3) is 0.300. The Balaban J connectivity index is 1.57. The number of halogens is 1. The van der Waals surface area contributed by atoms with Crippen molar-refractivity contribution in [3.63, 3.8) is 0 Å². The highest BCUT2D eigenvalue weighted by molar-refractivity contribution is 9.10. The van der Waals surface area contributed by atoms with Crippen LogP contribution in [0.25, 0.3) is 33.5 Å². The molecule has 29 heavy (non-hydrogen) atoms. The second-order valence-electron chi connectivity index (χ2n) is 7.44. The Hall–Kier alpha value is -2.78. The Bertz CT molecular complexity index is 1180. The third-order valence-electron chi connectivity index (χ3n) is 5.28. The van der Waals surface area contributed by atoms with E-state index >= 15 is 0 Å². The number of pyridine rings is 2. The van der Waals surface area contributed by atoms with Crippen LogP contribution in [0.2, 0.25) is 0 Å². The second-order valence-corrected chi connectivity index (χ2v) is 8.29. The van der Waals surface area contributed by atoms with E-state index in [1.54, 1.807) is 10.9 Å². The van der Waals surface area contributed by atoms with Crippen molar-refractivity contribution in [3.05, 3.63) is 41.3 Å². The first-order valence-electron chi connectivity index (χ1n) is 9.59. The predicted molar refractivity (Wildman–Crippen MR) is 116 cm³/mol. The third kappa shape index (κ3) is 3.40. The minimum atomic E-state index is 0.181. The van der Waals surface area contributed by atoms with E-state index in [9.17, 15) is 0 Å². The molecule has 1 aliphatic rings. The van der Waals surface area contributed by atoms with Crippen LogP contribution in [0.4, 0.5) is 5.82 Å². The molecule has 0 radical (unpaired) electrons. The van der Waals surface area contributed by atoms with Crippen molar-refractivity contribution in [3.8, 4) is 22.6 Å². The summed E-state index contributed by atoms with van der Waals surface area (Å²) in [7, 11) is 1.89. The van der Waals surface area contributed by atoms with Gasteiger partial charge in [-0.15, -0.1) is 0 Å². The second kappa shape index (κ2) is 7.23. The Morgan fingerprint density at radius 1 is 1.24 bits per heavy atom. The molecule has 0 spiro atoms. The molecule has 1 atom stereocenters. The van der Waals surface area contributed by atoms with Gasteiger partial charge in [0.05, 0.1) is 33.8 Å². The van der Waals surface area contributed by atoms with E-state index in [-0.39, 0.29) is 6.04 Å². The summed E-state index contributed by atoms with van der Waals surface area (Å²) in [6, 6.07) is 6.23. The molecule has 5 rings (SSSR count). The largest absolute Gasteiger partial charge is 0.354 e. The number of nitrogens with zero attached hydrogens (tertiary/aromatic N) is 6. The van der Waals surface area contributed by atoms with Crippen molar-refractivity contribution in [2.75, 3.05) is 18.0 Å². The van der Waals surface area contributed by atoms with E-state index < -0.39 is 0 Å². The van der Waals surface area contributed by atoms with Gasteiger partial charge in [0.1, 0.15) is 11.5 Å². The summed E-state index contributed by atoms with van der Waals surface area (Å²) in [5.41, 5.74) is 10.5. The lowest BCUT2D eigenvalue weighted by atomic mass is 10.1. The van der Waals surface area contributed by atoms with Gasteiger partial charge in [0, 0.05) is 43.3 Å². The smallest absolute Gasteiger partial charge is 0.143 e. The van der Waals surface area contributed by atoms with E-state index in [4.69, 9.17) is 10.7 Å². The van der Waals surface area contributed by atoms with Crippen molar-refractivity contribution in [1.29, 1.82) is 0 Å².